The Morgan fingerprint density at radius 1 is 1.70 bits per heavy atom. The molecule has 0 unspecified atom stereocenters. The molecule has 0 aliphatic carbocycles. The average molecular weight is 268 g/mol. The number of aromatic nitrogens is 1. The molecule has 2 N–H and O–H groups in total. The van der Waals surface area contributed by atoms with Gasteiger partial charge in [0.1, 0.15) is 5.82 Å². The molecule has 54 valence electrons. The number of aryl methyl sites for hydroxylation is 1. The third kappa shape index (κ3) is 1.52. The van der Waals surface area contributed by atoms with E-state index in [1.807, 2.05) is 6.92 Å². The second-order valence-electron chi connectivity index (χ2n) is 1.94. The summed E-state index contributed by atoms with van der Waals surface area (Å²) in [4.78, 5) is 4.02. The second kappa shape index (κ2) is 2.92. The molecule has 4 heteroatoms. The van der Waals surface area contributed by atoms with Gasteiger partial charge >= 0.3 is 0 Å². The van der Waals surface area contributed by atoms with E-state index >= 15 is 0 Å². The third-order valence-electron chi connectivity index (χ3n) is 1.07. The normalized spacial score (nSPS) is 9.90. The van der Waals surface area contributed by atoms with E-state index in [-0.39, 0.29) is 0 Å². The molecule has 0 spiro atoms. The highest BCUT2D eigenvalue weighted by atomic mass is 127. The number of hydrogen-bond donors (Lipinski definition) is 1. The number of nitrogens with two attached hydrogens (primary N) is 1. The smallest absolute Gasteiger partial charge is 0.138 e. The van der Waals surface area contributed by atoms with Crippen LogP contribution in [-0.4, -0.2) is 4.98 Å². The van der Waals surface area contributed by atoms with Gasteiger partial charge in [0.15, 0.2) is 0 Å². The number of anilines is 1. The number of nitrogens with zero attached hydrogens (tertiary/aromatic N) is 1. The number of hydrogen-bond acceptors (Lipinski definition) is 2. The lowest BCUT2D eigenvalue weighted by molar-refractivity contribution is 1.20. The molecule has 1 aromatic rings. The summed E-state index contributed by atoms with van der Waals surface area (Å²) in [6.07, 6.45) is 0. The summed E-state index contributed by atoms with van der Waals surface area (Å²) in [5.41, 5.74) is 6.37. The predicted molar refractivity (Wildman–Crippen MR) is 51.1 cm³/mol. The van der Waals surface area contributed by atoms with E-state index < -0.39 is 0 Å². The SMILES string of the molecule is Cc1cc(Cl)c(I)c(N)n1. The van der Waals surface area contributed by atoms with Gasteiger partial charge in [0, 0.05) is 5.69 Å². The summed E-state index contributed by atoms with van der Waals surface area (Å²) < 4.78 is 0.824. The van der Waals surface area contributed by atoms with E-state index in [1.54, 1.807) is 6.07 Å². The van der Waals surface area contributed by atoms with Gasteiger partial charge in [-0.05, 0) is 35.6 Å². The molecule has 1 aromatic heterocycles. The summed E-state index contributed by atoms with van der Waals surface area (Å²) in [5, 5.41) is 0.672. The Morgan fingerprint density at radius 2 is 2.30 bits per heavy atom. The highest BCUT2D eigenvalue weighted by Gasteiger charge is 2.02. The Kier molecular flexibility index (Phi) is 2.36. The summed E-state index contributed by atoms with van der Waals surface area (Å²) in [7, 11) is 0. The molecule has 0 aromatic carbocycles. The first-order valence-corrected chi connectivity index (χ1v) is 4.15. The maximum absolute atomic E-state index is 5.79. The lowest BCUT2D eigenvalue weighted by atomic mass is 10.4. The van der Waals surface area contributed by atoms with Gasteiger partial charge in [-0.15, -0.1) is 0 Å². The molecule has 0 aliphatic heterocycles. The van der Waals surface area contributed by atoms with Crippen LogP contribution in [0.3, 0.4) is 0 Å². The molecule has 0 aliphatic rings. The van der Waals surface area contributed by atoms with Gasteiger partial charge in [-0.25, -0.2) is 4.98 Å². The van der Waals surface area contributed by atoms with Gasteiger partial charge in [0.25, 0.3) is 0 Å². The van der Waals surface area contributed by atoms with Crippen molar-refractivity contribution in [1.82, 2.24) is 4.98 Å². The molecule has 10 heavy (non-hydrogen) atoms. The number of halogens is 2. The first kappa shape index (κ1) is 8.07. The van der Waals surface area contributed by atoms with Crippen LogP contribution < -0.4 is 5.73 Å². The first-order chi connectivity index (χ1) is 4.61. The Morgan fingerprint density at radius 3 is 2.80 bits per heavy atom. The number of rotatable bonds is 0. The zero-order valence-corrected chi connectivity index (χ0v) is 8.27. The fourth-order valence-electron chi connectivity index (χ4n) is 0.640. The van der Waals surface area contributed by atoms with Crippen molar-refractivity contribution in [3.8, 4) is 0 Å². The second-order valence-corrected chi connectivity index (χ2v) is 3.43. The van der Waals surface area contributed by atoms with Crippen molar-refractivity contribution in [1.29, 1.82) is 0 Å². The lowest BCUT2D eigenvalue weighted by Crippen LogP contribution is -1.95. The van der Waals surface area contributed by atoms with Gasteiger partial charge in [0.2, 0.25) is 0 Å². The Bertz CT molecular complexity index is 239. The van der Waals surface area contributed by atoms with Crippen molar-refractivity contribution in [3.05, 3.63) is 20.4 Å². The molecule has 0 fully saturated rings. The van der Waals surface area contributed by atoms with Crippen LogP contribution >= 0.6 is 34.2 Å². The van der Waals surface area contributed by atoms with E-state index in [2.05, 4.69) is 27.6 Å². The maximum atomic E-state index is 5.79. The monoisotopic (exact) mass is 268 g/mol. The van der Waals surface area contributed by atoms with Crippen LogP contribution in [0.4, 0.5) is 5.82 Å². The van der Waals surface area contributed by atoms with Crippen LogP contribution in [0.2, 0.25) is 5.02 Å². The van der Waals surface area contributed by atoms with Gasteiger partial charge in [0.05, 0.1) is 8.59 Å². The molecule has 2 nitrogen and oxygen atoms in total. The van der Waals surface area contributed by atoms with E-state index in [4.69, 9.17) is 17.3 Å². The molecular weight excluding hydrogens is 262 g/mol. The zero-order chi connectivity index (χ0) is 7.72. The largest absolute Gasteiger partial charge is 0.383 e. The van der Waals surface area contributed by atoms with E-state index in [1.165, 1.54) is 0 Å². The van der Waals surface area contributed by atoms with E-state index in [0.29, 0.717) is 10.8 Å². The predicted octanol–water partition coefficient (Wildman–Crippen LogP) is 2.23. The van der Waals surface area contributed by atoms with Crippen molar-refractivity contribution < 1.29 is 0 Å². The van der Waals surface area contributed by atoms with Crippen LogP contribution in [0, 0.1) is 10.5 Å². The number of pyridine rings is 1. The van der Waals surface area contributed by atoms with Crippen molar-refractivity contribution in [3.63, 3.8) is 0 Å². The molecule has 0 bridgehead atoms. The summed E-state index contributed by atoms with van der Waals surface area (Å²) in [6, 6.07) is 1.79. The minimum absolute atomic E-state index is 0.505. The molecule has 0 saturated heterocycles. The summed E-state index contributed by atoms with van der Waals surface area (Å²) in [5.74, 6) is 0.505. The van der Waals surface area contributed by atoms with Crippen molar-refractivity contribution in [2.24, 2.45) is 0 Å². The average Bonchev–Trinajstić information content (AvgIpc) is 1.82. The maximum Gasteiger partial charge on any atom is 0.138 e. The van der Waals surface area contributed by atoms with Crippen molar-refractivity contribution in [2.45, 2.75) is 6.92 Å². The zero-order valence-electron chi connectivity index (χ0n) is 5.36. The number of nitrogen functional groups attached to an aromatic ring is 1. The molecular formula is C6H6ClIN2. The van der Waals surface area contributed by atoms with Crippen LogP contribution in [0.15, 0.2) is 6.07 Å². The van der Waals surface area contributed by atoms with Gasteiger partial charge in [-0.2, -0.15) is 0 Å². The van der Waals surface area contributed by atoms with Crippen LogP contribution in [0.25, 0.3) is 0 Å². The van der Waals surface area contributed by atoms with Crippen molar-refractivity contribution in [2.75, 3.05) is 5.73 Å². The third-order valence-corrected chi connectivity index (χ3v) is 2.82. The highest BCUT2D eigenvalue weighted by Crippen LogP contribution is 2.22. The van der Waals surface area contributed by atoms with Gasteiger partial charge in [-0.3, -0.25) is 0 Å². The molecule has 1 heterocycles. The standard InChI is InChI=1S/C6H6ClIN2/c1-3-2-4(7)5(8)6(9)10-3/h2H,1H3,(H2,9,10). The minimum Gasteiger partial charge on any atom is -0.383 e. The fourth-order valence-corrected chi connectivity index (χ4v) is 1.17. The van der Waals surface area contributed by atoms with Gasteiger partial charge < -0.3 is 5.73 Å². The minimum atomic E-state index is 0.505. The van der Waals surface area contributed by atoms with Crippen LogP contribution in [-0.2, 0) is 0 Å². The molecule has 1 rings (SSSR count). The van der Waals surface area contributed by atoms with Crippen molar-refractivity contribution >= 4 is 40.0 Å². The lowest BCUT2D eigenvalue weighted by Gasteiger charge is -2.00. The highest BCUT2D eigenvalue weighted by molar-refractivity contribution is 14.1. The summed E-state index contributed by atoms with van der Waals surface area (Å²) >= 11 is 7.86. The molecule has 0 radical (unpaired) electrons. The molecule has 0 amide bonds. The summed E-state index contributed by atoms with van der Waals surface area (Å²) in [6.45, 7) is 1.86. The van der Waals surface area contributed by atoms with E-state index in [0.717, 1.165) is 9.26 Å². The molecule has 0 atom stereocenters. The van der Waals surface area contributed by atoms with Crippen LogP contribution in [0.1, 0.15) is 5.69 Å². The topological polar surface area (TPSA) is 38.9 Å². The van der Waals surface area contributed by atoms with Crippen LogP contribution in [0.5, 0.6) is 0 Å². The van der Waals surface area contributed by atoms with E-state index in [9.17, 15) is 0 Å². The quantitative estimate of drug-likeness (QED) is 0.733. The Balaban J connectivity index is 3.31. The molecule has 0 saturated carbocycles. The Hall–Kier alpha value is -0.0300. The Labute approximate surface area is 77.9 Å². The first-order valence-electron chi connectivity index (χ1n) is 2.69. The van der Waals surface area contributed by atoms with Gasteiger partial charge in [-0.1, -0.05) is 11.6 Å². The fraction of sp³-hybridized carbons (Fsp3) is 0.167.